The van der Waals surface area contributed by atoms with Gasteiger partial charge < -0.3 is 15.0 Å². The van der Waals surface area contributed by atoms with E-state index in [1.165, 1.54) is 0 Å². The van der Waals surface area contributed by atoms with Gasteiger partial charge in [0.2, 0.25) is 5.91 Å². The number of benzene rings is 1. The van der Waals surface area contributed by atoms with Gasteiger partial charge in [0, 0.05) is 31.7 Å². The third-order valence-electron chi connectivity index (χ3n) is 5.44. The molecule has 2 aromatic rings. The number of hydrogen-bond donors (Lipinski definition) is 1. The number of carbonyl (C=O) groups is 1. The van der Waals surface area contributed by atoms with Gasteiger partial charge in [-0.1, -0.05) is 29.3 Å². The fraction of sp³-hybridized carbons (Fsp3) is 0.455. The summed E-state index contributed by atoms with van der Waals surface area (Å²) < 4.78 is 43.7. The van der Waals surface area contributed by atoms with Gasteiger partial charge >= 0.3 is 6.18 Å². The minimum atomic E-state index is -4.48. The van der Waals surface area contributed by atoms with Gasteiger partial charge in [0.05, 0.1) is 17.7 Å². The van der Waals surface area contributed by atoms with Crippen molar-refractivity contribution in [1.82, 2.24) is 10.3 Å². The Kier molecular flexibility index (Phi) is 7.30. The van der Waals surface area contributed by atoms with Crippen molar-refractivity contribution < 1.29 is 22.7 Å². The largest absolute Gasteiger partial charge is 0.496 e. The molecule has 2 heterocycles. The van der Waals surface area contributed by atoms with Crippen LogP contribution in [-0.4, -0.2) is 37.6 Å². The van der Waals surface area contributed by atoms with Gasteiger partial charge in [0.25, 0.3) is 0 Å². The highest BCUT2D eigenvalue weighted by atomic mass is 35.5. The summed E-state index contributed by atoms with van der Waals surface area (Å²) in [6.07, 6.45) is -1.86. The summed E-state index contributed by atoms with van der Waals surface area (Å²) in [7, 11) is 1.62. The molecule has 5 nitrogen and oxygen atoms in total. The predicted octanol–water partition coefficient (Wildman–Crippen LogP) is 4.65. The molecule has 0 aliphatic carbocycles. The van der Waals surface area contributed by atoms with E-state index in [9.17, 15) is 18.0 Å². The average molecular weight is 456 g/mol. The minimum absolute atomic E-state index is 0.0160. The Hall–Kier alpha value is -2.48. The third kappa shape index (κ3) is 5.81. The third-order valence-corrected chi connectivity index (χ3v) is 5.72. The summed E-state index contributed by atoms with van der Waals surface area (Å²) in [6.45, 7) is 3.52. The normalized spacial score (nSPS) is 15.1. The lowest BCUT2D eigenvalue weighted by molar-refractivity contribution is -0.137. The monoisotopic (exact) mass is 455 g/mol. The number of amides is 1. The highest BCUT2D eigenvalue weighted by molar-refractivity contribution is 6.33. The first-order chi connectivity index (χ1) is 14.7. The van der Waals surface area contributed by atoms with Gasteiger partial charge in [-0.3, -0.25) is 4.79 Å². The number of hydrogen-bond acceptors (Lipinski definition) is 4. The van der Waals surface area contributed by atoms with Crippen molar-refractivity contribution >= 4 is 23.3 Å². The van der Waals surface area contributed by atoms with Crippen molar-refractivity contribution in [3.8, 4) is 5.75 Å². The maximum absolute atomic E-state index is 12.8. The Labute approximate surface area is 184 Å². The smallest absolute Gasteiger partial charge is 0.417 e. The second-order valence-corrected chi connectivity index (χ2v) is 8.05. The molecule has 1 saturated heterocycles. The number of methoxy groups -OCH3 is 1. The number of pyridine rings is 1. The zero-order valence-electron chi connectivity index (χ0n) is 17.4. The van der Waals surface area contributed by atoms with E-state index in [0.717, 1.165) is 29.1 Å². The number of carbonyl (C=O) groups excluding carboxylic acids is 1. The maximum atomic E-state index is 12.8. The zero-order chi connectivity index (χ0) is 22.6. The molecule has 0 atom stereocenters. The summed E-state index contributed by atoms with van der Waals surface area (Å²) in [5.74, 6) is 0.954. The van der Waals surface area contributed by atoms with Crippen LogP contribution in [0.3, 0.4) is 0 Å². The first-order valence-corrected chi connectivity index (χ1v) is 10.5. The molecule has 0 unspecified atom stereocenters. The van der Waals surface area contributed by atoms with Gasteiger partial charge in [0.1, 0.15) is 11.6 Å². The molecule has 1 aliphatic rings. The summed E-state index contributed by atoms with van der Waals surface area (Å²) in [5, 5.41) is 2.94. The van der Waals surface area contributed by atoms with Crippen LogP contribution in [0.4, 0.5) is 19.0 Å². The predicted molar refractivity (Wildman–Crippen MR) is 114 cm³/mol. The van der Waals surface area contributed by atoms with Crippen LogP contribution in [0.5, 0.6) is 5.75 Å². The first kappa shape index (κ1) is 23.2. The molecule has 1 aliphatic heterocycles. The van der Waals surface area contributed by atoms with Crippen LogP contribution in [-0.2, 0) is 17.4 Å². The molecule has 0 saturated carbocycles. The summed E-state index contributed by atoms with van der Waals surface area (Å²) in [4.78, 5) is 18.3. The van der Waals surface area contributed by atoms with E-state index in [0.29, 0.717) is 44.7 Å². The number of rotatable bonds is 6. The molecule has 1 amide bonds. The SMILES string of the molecule is COc1ccc(C)cc1CCNC(=O)C1CCN(c2ncc(C(F)(F)F)cc2Cl)CC1. The minimum Gasteiger partial charge on any atom is -0.496 e. The van der Waals surface area contributed by atoms with E-state index >= 15 is 0 Å². The van der Waals surface area contributed by atoms with E-state index in [1.54, 1.807) is 7.11 Å². The lowest BCUT2D eigenvalue weighted by Gasteiger charge is -2.32. The molecule has 0 bridgehead atoms. The molecule has 1 N–H and O–H groups in total. The summed E-state index contributed by atoms with van der Waals surface area (Å²) in [5.41, 5.74) is 1.30. The molecule has 3 rings (SSSR count). The number of nitrogens with one attached hydrogen (secondary N) is 1. The van der Waals surface area contributed by atoms with Crippen LogP contribution < -0.4 is 15.0 Å². The van der Waals surface area contributed by atoms with E-state index in [2.05, 4.69) is 10.3 Å². The standard InChI is InChI=1S/C22H25ClF3N3O2/c1-14-3-4-19(31-2)16(11-14)5-8-27-21(30)15-6-9-29(10-7-15)20-18(23)12-17(13-28-20)22(24,25)26/h3-4,11-13,15H,5-10H2,1-2H3,(H,27,30). The number of aryl methyl sites for hydroxylation is 1. The second kappa shape index (κ2) is 9.77. The highest BCUT2D eigenvalue weighted by Crippen LogP contribution is 2.34. The Morgan fingerprint density at radius 3 is 2.61 bits per heavy atom. The number of ether oxygens (including phenoxy) is 1. The molecule has 168 valence electrons. The van der Waals surface area contributed by atoms with Crippen LogP contribution in [0.1, 0.15) is 29.5 Å². The van der Waals surface area contributed by atoms with Gasteiger partial charge in [-0.2, -0.15) is 13.2 Å². The summed E-state index contributed by atoms with van der Waals surface area (Å²) in [6, 6.07) is 6.83. The van der Waals surface area contributed by atoms with Gasteiger partial charge in [-0.25, -0.2) is 4.98 Å². The van der Waals surface area contributed by atoms with Crippen molar-refractivity contribution in [2.24, 2.45) is 5.92 Å². The number of nitrogens with zero attached hydrogens (tertiary/aromatic N) is 2. The van der Waals surface area contributed by atoms with Gasteiger partial charge in [0.15, 0.2) is 0 Å². The quantitative estimate of drug-likeness (QED) is 0.689. The van der Waals surface area contributed by atoms with E-state index in [4.69, 9.17) is 16.3 Å². The molecule has 1 fully saturated rings. The summed E-state index contributed by atoms with van der Waals surface area (Å²) >= 11 is 6.04. The van der Waals surface area contributed by atoms with E-state index in [1.807, 2.05) is 30.0 Å². The Balaban J connectivity index is 1.51. The molecule has 1 aromatic heterocycles. The fourth-order valence-corrected chi connectivity index (χ4v) is 4.03. The van der Waals surface area contributed by atoms with Gasteiger partial charge in [-0.15, -0.1) is 0 Å². The van der Waals surface area contributed by atoms with Crippen molar-refractivity contribution in [1.29, 1.82) is 0 Å². The molecule has 31 heavy (non-hydrogen) atoms. The molecular formula is C22H25ClF3N3O2. The molecule has 0 radical (unpaired) electrons. The lowest BCUT2D eigenvalue weighted by Crippen LogP contribution is -2.41. The molecule has 1 aromatic carbocycles. The van der Waals surface area contributed by atoms with Crippen LogP contribution in [0, 0.1) is 12.8 Å². The molecule has 0 spiro atoms. The van der Waals surface area contributed by atoms with E-state index < -0.39 is 11.7 Å². The van der Waals surface area contributed by atoms with Crippen molar-refractivity contribution in [3.63, 3.8) is 0 Å². The van der Waals surface area contributed by atoms with Crippen molar-refractivity contribution in [3.05, 3.63) is 52.2 Å². The Morgan fingerprint density at radius 1 is 1.29 bits per heavy atom. The first-order valence-electron chi connectivity index (χ1n) is 10.1. The van der Waals surface area contributed by atoms with E-state index in [-0.39, 0.29) is 16.8 Å². The van der Waals surface area contributed by atoms with Crippen molar-refractivity contribution in [2.45, 2.75) is 32.4 Å². The number of anilines is 1. The Bertz CT molecular complexity index is 929. The van der Waals surface area contributed by atoms with Crippen LogP contribution in [0.25, 0.3) is 0 Å². The zero-order valence-corrected chi connectivity index (χ0v) is 18.2. The van der Waals surface area contributed by atoms with Gasteiger partial charge in [-0.05, 0) is 43.9 Å². The van der Waals surface area contributed by atoms with Crippen LogP contribution in [0.15, 0.2) is 30.5 Å². The molecule has 9 heteroatoms. The Morgan fingerprint density at radius 2 is 2.00 bits per heavy atom. The number of aromatic nitrogens is 1. The topological polar surface area (TPSA) is 54.5 Å². The van der Waals surface area contributed by atoms with Crippen LogP contribution in [0.2, 0.25) is 5.02 Å². The van der Waals surface area contributed by atoms with Crippen LogP contribution >= 0.6 is 11.6 Å². The lowest BCUT2D eigenvalue weighted by atomic mass is 9.95. The number of halogens is 4. The molecular weight excluding hydrogens is 431 g/mol. The number of piperidine rings is 1. The number of alkyl halides is 3. The highest BCUT2D eigenvalue weighted by Gasteiger charge is 2.33. The van der Waals surface area contributed by atoms with Crippen molar-refractivity contribution in [2.75, 3.05) is 31.6 Å². The average Bonchev–Trinajstić information content (AvgIpc) is 2.73. The second-order valence-electron chi connectivity index (χ2n) is 7.64. The fourth-order valence-electron chi connectivity index (χ4n) is 3.74. The maximum Gasteiger partial charge on any atom is 0.417 e.